The Kier molecular flexibility index (Phi) is 4.44. The standard InChI is InChI=1S/C22H16F2N2OS2/c23-13-8-7-11(10-14(13)24)20(27)21-19(25)18-17(16-6-3-9-28-16)12-4-1-2-5-15(12)26-22(18)29-21/h3,6-10H,1-2,4-5,25H2. The van der Waals surface area contributed by atoms with E-state index in [9.17, 15) is 13.6 Å². The predicted octanol–water partition coefficient (Wildman–Crippen LogP) is 6.00. The number of hydrogen-bond acceptors (Lipinski definition) is 5. The number of aromatic nitrogens is 1. The van der Waals surface area contributed by atoms with Crippen LogP contribution in [0.25, 0.3) is 20.7 Å². The number of benzene rings is 1. The van der Waals surface area contributed by atoms with E-state index in [0.29, 0.717) is 10.6 Å². The minimum atomic E-state index is -1.05. The molecule has 1 aliphatic carbocycles. The Morgan fingerprint density at radius 1 is 1.10 bits per heavy atom. The Morgan fingerprint density at radius 2 is 1.93 bits per heavy atom. The quantitative estimate of drug-likeness (QED) is 0.409. The average Bonchev–Trinajstić information content (AvgIpc) is 3.36. The fourth-order valence-corrected chi connectivity index (χ4v) is 5.83. The molecule has 3 aromatic heterocycles. The first kappa shape index (κ1) is 18.4. The Bertz CT molecular complexity index is 1260. The van der Waals surface area contributed by atoms with E-state index in [1.807, 2.05) is 11.4 Å². The minimum absolute atomic E-state index is 0.0737. The molecule has 29 heavy (non-hydrogen) atoms. The minimum Gasteiger partial charge on any atom is -0.397 e. The molecule has 0 spiro atoms. The molecule has 0 bridgehead atoms. The third-order valence-electron chi connectivity index (χ3n) is 5.31. The van der Waals surface area contributed by atoms with Crippen LogP contribution in [0.1, 0.15) is 39.3 Å². The van der Waals surface area contributed by atoms with Gasteiger partial charge in [0.2, 0.25) is 5.78 Å². The molecule has 0 fully saturated rings. The highest BCUT2D eigenvalue weighted by Gasteiger charge is 2.26. The van der Waals surface area contributed by atoms with Crippen LogP contribution >= 0.6 is 22.7 Å². The van der Waals surface area contributed by atoms with E-state index in [4.69, 9.17) is 10.7 Å². The molecule has 7 heteroatoms. The van der Waals surface area contributed by atoms with E-state index in [-0.39, 0.29) is 5.56 Å². The van der Waals surface area contributed by atoms with E-state index in [0.717, 1.165) is 64.2 Å². The molecule has 0 aliphatic heterocycles. The molecule has 3 nitrogen and oxygen atoms in total. The number of thiophene rings is 2. The van der Waals surface area contributed by atoms with Crippen molar-refractivity contribution in [1.82, 2.24) is 4.98 Å². The topological polar surface area (TPSA) is 56.0 Å². The molecule has 0 radical (unpaired) electrons. The first-order valence-electron chi connectivity index (χ1n) is 9.32. The van der Waals surface area contributed by atoms with Crippen LogP contribution in [0.15, 0.2) is 35.7 Å². The summed E-state index contributed by atoms with van der Waals surface area (Å²) in [4.78, 5) is 20.0. The van der Waals surface area contributed by atoms with Crippen molar-refractivity contribution in [1.29, 1.82) is 0 Å². The number of rotatable bonds is 3. The number of nitrogens with two attached hydrogens (primary N) is 1. The summed E-state index contributed by atoms with van der Waals surface area (Å²) in [6, 6.07) is 7.21. The maximum atomic E-state index is 13.6. The maximum absolute atomic E-state index is 13.6. The van der Waals surface area contributed by atoms with Gasteiger partial charge in [-0.3, -0.25) is 4.79 Å². The zero-order valence-corrected chi connectivity index (χ0v) is 16.9. The number of hydrogen-bond donors (Lipinski definition) is 1. The molecule has 1 aliphatic rings. The van der Waals surface area contributed by atoms with Crippen LogP contribution in [0, 0.1) is 11.6 Å². The number of nitrogens with zero attached hydrogens (tertiary/aromatic N) is 1. The lowest BCUT2D eigenvalue weighted by molar-refractivity contribution is 0.104. The number of halogens is 2. The second kappa shape index (κ2) is 7.00. The molecule has 4 aromatic rings. The summed E-state index contributed by atoms with van der Waals surface area (Å²) in [7, 11) is 0. The van der Waals surface area contributed by atoms with Crippen molar-refractivity contribution in [2.24, 2.45) is 0 Å². The van der Waals surface area contributed by atoms with E-state index in [2.05, 4.69) is 6.07 Å². The lowest BCUT2D eigenvalue weighted by Gasteiger charge is -2.19. The zero-order valence-electron chi connectivity index (χ0n) is 15.3. The summed E-state index contributed by atoms with van der Waals surface area (Å²) >= 11 is 2.86. The van der Waals surface area contributed by atoms with E-state index < -0.39 is 17.4 Å². The second-order valence-electron chi connectivity index (χ2n) is 7.08. The molecule has 2 N–H and O–H groups in total. The Labute approximate surface area is 173 Å². The molecule has 0 unspecified atom stereocenters. The number of nitrogen functional groups attached to an aromatic ring is 1. The maximum Gasteiger partial charge on any atom is 0.205 e. The molecule has 0 saturated carbocycles. The molecule has 1 aromatic carbocycles. The van der Waals surface area contributed by atoms with Crippen LogP contribution in [0.3, 0.4) is 0 Å². The lowest BCUT2D eigenvalue weighted by Crippen LogP contribution is -2.07. The fourth-order valence-electron chi connectivity index (χ4n) is 3.94. The molecule has 0 amide bonds. The molecular formula is C22H16F2N2OS2. The summed E-state index contributed by atoms with van der Waals surface area (Å²) in [5.41, 5.74) is 10.3. The second-order valence-corrected chi connectivity index (χ2v) is 9.03. The fraction of sp³-hybridized carbons (Fsp3) is 0.182. The molecule has 3 heterocycles. The highest BCUT2D eigenvalue weighted by Crippen LogP contribution is 2.45. The molecule has 5 rings (SSSR count). The van der Waals surface area contributed by atoms with Crippen LogP contribution in [0.4, 0.5) is 14.5 Å². The number of anilines is 1. The van der Waals surface area contributed by atoms with Crippen molar-refractivity contribution in [3.63, 3.8) is 0 Å². The Hall–Kier alpha value is -2.64. The third-order valence-corrected chi connectivity index (χ3v) is 7.29. The third kappa shape index (κ3) is 2.96. The first-order valence-corrected chi connectivity index (χ1v) is 11.0. The Morgan fingerprint density at radius 3 is 2.69 bits per heavy atom. The van der Waals surface area contributed by atoms with Crippen LogP contribution in [0.5, 0.6) is 0 Å². The number of pyridine rings is 1. The summed E-state index contributed by atoms with van der Waals surface area (Å²) in [5, 5.41) is 2.82. The van der Waals surface area contributed by atoms with Gasteiger partial charge in [0.15, 0.2) is 11.6 Å². The summed E-state index contributed by atoms with van der Waals surface area (Å²) in [6.45, 7) is 0. The number of carbonyl (C=O) groups is 1. The van der Waals surface area contributed by atoms with Gasteiger partial charge in [-0.05, 0) is 60.9 Å². The predicted molar refractivity (Wildman–Crippen MR) is 114 cm³/mol. The van der Waals surface area contributed by atoms with Crippen molar-refractivity contribution in [2.45, 2.75) is 25.7 Å². The number of fused-ring (bicyclic) bond motifs is 2. The van der Waals surface area contributed by atoms with Crippen molar-refractivity contribution in [2.75, 3.05) is 5.73 Å². The summed E-state index contributed by atoms with van der Waals surface area (Å²) < 4.78 is 26.9. The van der Waals surface area contributed by atoms with Crippen molar-refractivity contribution in [3.8, 4) is 10.4 Å². The van der Waals surface area contributed by atoms with E-state index >= 15 is 0 Å². The highest BCUT2D eigenvalue weighted by atomic mass is 32.1. The van der Waals surface area contributed by atoms with Gasteiger partial charge in [0.05, 0.1) is 5.69 Å². The largest absolute Gasteiger partial charge is 0.397 e. The van der Waals surface area contributed by atoms with Gasteiger partial charge < -0.3 is 5.73 Å². The first-order chi connectivity index (χ1) is 14.0. The van der Waals surface area contributed by atoms with Gasteiger partial charge in [-0.1, -0.05) is 6.07 Å². The van der Waals surface area contributed by atoms with Crippen LogP contribution < -0.4 is 5.73 Å². The van der Waals surface area contributed by atoms with Gasteiger partial charge in [-0.2, -0.15) is 0 Å². The van der Waals surface area contributed by atoms with Gasteiger partial charge in [0.25, 0.3) is 0 Å². The van der Waals surface area contributed by atoms with Gasteiger partial charge >= 0.3 is 0 Å². The van der Waals surface area contributed by atoms with E-state index in [1.165, 1.54) is 23.0 Å². The van der Waals surface area contributed by atoms with Gasteiger partial charge in [-0.15, -0.1) is 22.7 Å². The van der Waals surface area contributed by atoms with Crippen LogP contribution in [-0.2, 0) is 12.8 Å². The number of ketones is 1. The summed E-state index contributed by atoms with van der Waals surface area (Å²) in [5.74, 6) is -2.46. The summed E-state index contributed by atoms with van der Waals surface area (Å²) in [6.07, 6.45) is 4.04. The molecule has 146 valence electrons. The number of aryl methyl sites for hydroxylation is 1. The molecule has 0 atom stereocenters. The lowest BCUT2D eigenvalue weighted by atomic mass is 9.90. The van der Waals surface area contributed by atoms with E-state index in [1.54, 1.807) is 11.3 Å². The number of carbonyl (C=O) groups excluding carboxylic acids is 1. The van der Waals surface area contributed by atoms with Crippen molar-refractivity contribution >= 4 is 44.4 Å². The average molecular weight is 427 g/mol. The molecule has 0 saturated heterocycles. The molecular weight excluding hydrogens is 410 g/mol. The van der Waals surface area contributed by atoms with Gasteiger partial charge in [0, 0.05) is 27.1 Å². The van der Waals surface area contributed by atoms with Gasteiger partial charge in [-0.25, -0.2) is 13.8 Å². The van der Waals surface area contributed by atoms with Crippen LogP contribution in [-0.4, -0.2) is 10.8 Å². The normalized spacial score (nSPS) is 13.6. The zero-order chi connectivity index (χ0) is 20.1. The SMILES string of the molecule is Nc1c(C(=O)c2ccc(F)c(F)c2)sc2nc3c(c(-c4cccs4)c12)CCCC3. The highest BCUT2D eigenvalue weighted by molar-refractivity contribution is 7.21. The van der Waals surface area contributed by atoms with Crippen LogP contribution in [0.2, 0.25) is 0 Å². The monoisotopic (exact) mass is 426 g/mol. The Balaban J connectivity index is 1.75. The smallest absolute Gasteiger partial charge is 0.205 e. The van der Waals surface area contributed by atoms with Crippen molar-refractivity contribution < 1.29 is 13.6 Å². The van der Waals surface area contributed by atoms with Gasteiger partial charge in [0.1, 0.15) is 9.71 Å². The van der Waals surface area contributed by atoms with Crippen molar-refractivity contribution in [3.05, 3.63) is 69.0 Å².